The van der Waals surface area contributed by atoms with Crippen LogP contribution in [0.2, 0.25) is 0 Å². The third kappa shape index (κ3) is 4.40. The first-order valence-corrected chi connectivity index (χ1v) is 9.60. The van der Waals surface area contributed by atoms with E-state index in [0.29, 0.717) is 17.7 Å². The molecule has 0 aromatic heterocycles. The first-order valence-electron chi connectivity index (χ1n) is 9.60. The van der Waals surface area contributed by atoms with Gasteiger partial charge in [-0.25, -0.2) is 4.79 Å². The van der Waals surface area contributed by atoms with Crippen LogP contribution in [0.1, 0.15) is 41.7 Å². The molecule has 2 rings (SSSR count). The Hall–Kier alpha value is -2.17. The normalized spacial score (nSPS) is 13.4. The van der Waals surface area contributed by atoms with E-state index in [1.165, 1.54) is 0 Å². The van der Waals surface area contributed by atoms with E-state index >= 15 is 0 Å². The third-order valence-electron chi connectivity index (χ3n) is 5.33. The Balaban J connectivity index is 2.44. The van der Waals surface area contributed by atoms with Gasteiger partial charge in [-0.3, -0.25) is 0 Å². The third-order valence-corrected chi connectivity index (χ3v) is 5.33. The van der Waals surface area contributed by atoms with E-state index in [4.69, 9.17) is 4.74 Å². The van der Waals surface area contributed by atoms with Crippen LogP contribution in [0.4, 0.5) is 0 Å². The molecule has 0 amide bonds. The van der Waals surface area contributed by atoms with Gasteiger partial charge in [-0.15, -0.1) is 0 Å². The summed E-state index contributed by atoms with van der Waals surface area (Å²) in [6.45, 7) is 12.7. The second kappa shape index (κ2) is 9.16. The van der Waals surface area contributed by atoms with E-state index < -0.39 is 11.6 Å². The molecule has 4 nitrogen and oxygen atoms in total. The number of aryl methyl sites for hydroxylation is 2. The quantitative estimate of drug-likeness (QED) is 0.720. The van der Waals surface area contributed by atoms with Crippen LogP contribution in [-0.2, 0) is 15.1 Å². The molecule has 0 heterocycles. The van der Waals surface area contributed by atoms with Crippen molar-refractivity contribution < 1.29 is 14.6 Å². The summed E-state index contributed by atoms with van der Waals surface area (Å²) in [5.74, 6) is -0.627. The second-order valence-corrected chi connectivity index (χ2v) is 6.94. The summed E-state index contributed by atoms with van der Waals surface area (Å²) in [6, 6.07) is 13.0. The van der Waals surface area contributed by atoms with Crippen molar-refractivity contribution >= 4 is 5.97 Å². The van der Waals surface area contributed by atoms with Crippen LogP contribution >= 0.6 is 0 Å². The molecule has 2 aromatic carbocycles. The maximum Gasteiger partial charge on any atom is 0.347 e. The molecule has 0 saturated carbocycles. The molecule has 0 unspecified atom stereocenters. The minimum atomic E-state index is -1.83. The van der Waals surface area contributed by atoms with Gasteiger partial charge in [0.05, 0.1) is 0 Å². The number of nitrogens with zero attached hydrogens (tertiary/aromatic N) is 1. The molecule has 0 spiro atoms. The van der Waals surface area contributed by atoms with Gasteiger partial charge in [0.15, 0.2) is 0 Å². The van der Waals surface area contributed by atoms with Crippen molar-refractivity contribution in [2.75, 3.05) is 26.2 Å². The van der Waals surface area contributed by atoms with Crippen molar-refractivity contribution in [2.24, 2.45) is 0 Å². The van der Waals surface area contributed by atoms with Crippen molar-refractivity contribution in [3.8, 4) is 0 Å². The van der Waals surface area contributed by atoms with Gasteiger partial charge in [-0.05, 0) is 56.1 Å². The minimum absolute atomic E-state index is 0.250. The summed E-state index contributed by atoms with van der Waals surface area (Å²) < 4.78 is 5.57. The highest BCUT2D eigenvalue weighted by atomic mass is 16.5. The summed E-state index contributed by atoms with van der Waals surface area (Å²) in [5, 5.41) is 11.7. The van der Waals surface area contributed by atoms with Gasteiger partial charge in [-0.1, -0.05) is 56.3 Å². The fraction of sp³-hybridized carbons (Fsp3) is 0.435. The van der Waals surface area contributed by atoms with E-state index in [-0.39, 0.29) is 6.61 Å². The summed E-state index contributed by atoms with van der Waals surface area (Å²) >= 11 is 0. The van der Waals surface area contributed by atoms with Crippen LogP contribution in [0.5, 0.6) is 0 Å². The Labute approximate surface area is 162 Å². The van der Waals surface area contributed by atoms with Gasteiger partial charge in [0.1, 0.15) is 6.61 Å². The number of rotatable bonds is 8. The molecule has 1 N–H and O–H groups in total. The van der Waals surface area contributed by atoms with E-state index in [9.17, 15) is 9.90 Å². The summed E-state index contributed by atoms with van der Waals surface area (Å²) in [4.78, 5) is 15.3. The Bertz CT molecular complexity index is 769. The average Bonchev–Trinajstić information content (AvgIpc) is 2.68. The van der Waals surface area contributed by atoms with E-state index in [2.05, 4.69) is 18.7 Å². The van der Waals surface area contributed by atoms with Crippen molar-refractivity contribution in [1.82, 2.24) is 4.90 Å². The maximum atomic E-state index is 13.1. The molecule has 4 heteroatoms. The molecular weight excluding hydrogens is 338 g/mol. The molecular formula is C23H31NO3. The monoisotopic (exact) mass is 369 g/mol. The minimum Gasteiger partial charge on any atom is -0.462 e. The summed E-state index contributed by atoms with van der Waals surface area (Å²) in [6.07, 6.45) is 0. The highest BCUT2D eigenvalue weighted by Crippen LogP contribution is 2.36. The number of benzene rings is 2. The topological polar surface area (TPSA) is 49.8 Å². The number of likely N-dealkylation sites (N-methyl/N-ethyl adjacent to an activating group) is 1. The number of carbonyl (C=O) groups excluding carboxylic acids is 1. The molecule has 2 aromatic rings. The van der Waals surface area contributed by atoms with Gasteiger partial charge in [-0.2, -0.15) is 0 Å². The zero-order valence-corrected chi connectivity index (χ0v) is 17.1. The number of carbonyl (C=O) groups is 1. The van der Waals surface area contributed by atoms with Crippen LogP contribution in [-0.4, -0.2) is 42.2 Å². The van der Waals surface area contributed by atoms with Gasteiger partial charge >= 0.3 is 5.97 Å². The fourth-order valence-corrected chi connectivity index (χ4v) is 3.46. The van der Waals surface area contributed by atoms with Crippen molar-refractivity contribution in [3.05, 3.63) is 70.3 Å². The molecule has 0 bridgehead atoms. The molecule has 27 heavy (non-hydrogen) atoms. The zero-order valence-electron chi connectivity index (χ0n) is 17.1. The van der Waals surface area contributed by atoms with E-state index in [1.807, 2.05) is 51.1 Å². The van der Waals surface area contributed by atoms with Crippen molar-refractivity contribution in [3.63, 3.8) is 0 Å². The van der Waals surface area contributed by atoms with Crippen LogP contribution < -0.4 is 0 Å². The number of hydrogen-bond donors (Lipinski definition) is 1. The number of ether oxygens (including phenoxy) is 1. The predicted octanol–water partition coefficient (Wildman–Crippen LogP) is 3.73. The van der Waals surface area contributed by atoms with Crippen molar-refractivity contribution in [1.29, 1.82) is 0 Å². The first kappa shape index (κ1) is 21.1. The maximum absolute atomic E-state index is 13.1. The Kier molecular flexibility index (Phi) is 7.17. The lowest BCUT2D eigenvalue weighted by Gasteiger charge is -2.31. The fourth-order valence-electron chi connectivity index (χ4n) is 3.46. The molecule has 0 radical (unpaired) electrons. The molecule has 146 valence electrons. The standard InChI is InChI=1S/C23H31NO3/c1-6-24(7-2)15-16-27-22(25)23(26,20-11-9-8-10-12-20)21-18(4)14-13-17(3)19(21)5/h8-14,26H,6-7,15-16H2,1-5H3/t23-/m1/s1. The summed E-state index contributed by atoms with van der Waals surface area (Å²) in [5.41, 5.74) is 2.11. The predicted molar refractivity (Wildman–Crippen MR) is 109 cm³/mol. The lowest BCUT2D eigenvalue weighted by Crippen LogP contribution is -2.41. The molecule has 0 aliphatic carbocycles. The van der Waals surface area contributed by atoms with Gasteiger partial charge in [0, 0.05) is 12.1 Å². The van der Waals surface area contributed by atoms with E-state index in [0.717, 1.165) is 29.8 Å². The van der Waals surface area contributed by atoms with Gasteiger partial charge in [0.2, 0.25) is 5.60 Å². The van der Waals surface area contributed by atoms with Crippen molar-refractivity contribution in [2.45, 2.75) is 40.2 Å². The lowest BCUT2D eigenvalue weighted by molar-refractivity contribution is -0.162. The Morgan fingerprint density at radius 1 is 1.00 bits per heavy atom. The molecule has 0 saturated heterocycles. The van der Waals surface area contributed by atoms with E-state index in [1.54, 1.807) is 12.1 Å². The largest absolute Gasteiger partial charge is 0.462 e. The smallest absolute Gasteiger partial charge is 0.347 e. The molecule has 1 atom stereocenters. The van der Waals surface area contributed by atoms with Crippen LogP contribution in [0.25, 0.3) is 0 Å². The average molecular weight is 370 g/mol. The molecule has 0 fully saturated rings. The van der Waals surface area contributed by atoms with Crippen LogP contribution in [0.15, 0.2) is 42.5 Å². The first-order chi connectivity index (χ1) is 12.9. The lowest BCUT2D eigenvalue weighted by atomic mass is 9.80. The Morgan fingerprint density at radius 2 is 1.59 bits per heavy atom. The highest BCUT2D eigenvalue weighted by Gasteiger charge is 2.44. The van der Waals surface area contributed by atoms with Gasteiger partial charge in [0.25, 0.3) is 0 Å². The molecule has 0 aliphatic heterocycles. The van der Waals surface area contributed by atoms with Crippen LogP contribution in [0, 0.1) is 20.8 Å². The van der Waals surface area contributed by atoms with Crippen LogP contribution in [0.3, 0.4) is 0 Å². The number of aliphatic hydroxyl groups is 1. The summed E-state index contributed by atoms with van der Waals surface area (Å²) in [7, 11) is 0. The molecule has 0 aliphatic rings. The second-order valence-electron chi connectivity index (χ2n) is 6.94. The van der Waals surface area contributed by atoms with Gasteiger partial charge < -0.3 is 14.7 Å². The Morgan fingerprint density at radius 3 is 2.19 bits per heavy atom. The number of hydrogen-bond acceptors (Lipinski definition) is 4. The highest BCUT2D eigenvalue weighted by molar-refractivity contribution is 5.86. The number of esters is 1. The zero-order chi connectivity index (χ0) is 20.0. The SMILES string of the molecule is CCN(CC)CCOC(=O)[C@@](O)(c1ccccc1)c1c(C)ccc(C)c1C.